The zero-order valence-electron chi connectivity index (χ0n) is 9.36. The van der Waals surface area contributed by atoms with E-state index in [9.17, 15) is 9.18 Å². The predicted octanol–water partition coefficient (Wildman–Crippen LogP) is 4.73. The summed E-state index contributed by atoms with van der Waals surface area (Å²) in [7, 11) is 0. The molecule has 0 saturated heterocycles. The van der Waals surface area contributed by atoms with Crippen molar-refractivity contribution >= 4 is 33.5 Å². The molecule has 3 nitrogen and oxygen atoms in total. The maximum atomic E-state index is 13.1. The number of carbonyl (C=O) groups is 1. The van der Waals surface area contributed by atoms with Gasteiger partial charge in [-0.25, -0.2) is 9.18 Å². The Morgan fingerprint density at radius 3 is 2.68 bits per heavy atom. The van der Waals surface area contributed by atoms with Gasteiger partial charge in [0.15, 0.2) is 0 Å². The Balaban J connectivity index is 2.46. The van der Waals surface area contributed by atoms with Crippen LogP contribution in [0.1, 0.15) is 10.4 Å². The second-order valence-corrected chi connectivity index (χ2v) is 4.86. The first-order valence-corrected chi connectivity index (χ1v) is 6.31. The summed E-state index contributed by atoms with van der Waals surface area (Å²) >= 11 is 9.01. The predicted molar refractivity (Wildman–Crippen MR) is 72.6 cm³/mol. The number of benzene rings is 2. The Morgan fingerprint density at radius 2 is 2.00 bits per heavy atom. The van der Waals surface area contributed by atoms with Crippen LogP contribution in [0.5, 0.6) is 11.5 Å². The lowest BCUT2D eigenvalue weighted by molar-refractivity contribution is 0.0694. The van der Waals surface area contributed by atoms with Crippen molar-refractivity contribution in [1.82, 2.24) is 0 Å². The number of carboxylic acid groups (broad SMARTS) is 1. The van der Waals surface area contributed by atoms with E-state index < -0.39 is 11.8 Å². The quantitative estimate of drug-likeness (QED) is 0.874. The normalized spacial score (nSPS) is 10.3. The van der Waals surface area contributed by atoms with Gasteiger partial charge in [0, 0.05) is 6.07 Å². The van der Waals surface area contributed by atoms with Crippen LogP contribution in [0, 0.1) is 5.82 Å². The second kappa shape index (κ2) is 5.59. The molecule has 0 spiro atoms. The van der Waals surface area contributed by atoms with Crippen molar-refractivity contribution in [2.24, 2.45) is 0 Å². The highest BCUT2D eigenvalue weighted by Crippen LogP contribution is 2.34. The summed E-state index contributed by atoms with van der Waals surface area (Å²) in [5.41, 5.74) is -0.166. The third-order valence-electron chi connectivity index (χ3n) is 2.30. The maximum Gasteiger partial charge on any atom is 0.341 e. The van der Waals surface area contributed by atoms with Crippen LogP contribution in [0.15, 0.2) is 40.9 Å². The minimum absolute atomic E-state index is 0.0475. The molecule has 0 fully saturated rings. The Morgan fingerprint density at radius 1 is 1.26 bits per heavy atom. The molecule has 0 unspecified atom stereocenters. The maximum absolute atomic E-state index is 13.1. The lowest BCUT2D eigenvalue weighted by Crippen LogP contribution is -2.01. The fourth-order valence-corrected chi connectivity index (χ4v) is 2.05. The molecule has 0 radical (unpaired) electrons. The van der Waals surface area contributed by atoms with E-state index in [1.54, 1.807) is 6.07 Å². The molecule has 0 aliphatic heterocycles. The molecule has 0 saturated carbocycles. The number of hydrogen-bond acceptors (Lipinski definition) is 2. The van der Waals surface area contributed by atoms with Crippen LogP contribution in [0.4, 0.5) is 4.39 Å². The van der Waals surface area contributed by atoms with E-state index in [2.05, 4.69) is 15.9 Å². The molecule has 0 heterocycles. The van der Waals surface area contributed by atoms with E-state index >= 15 is 0 Å². The summed E-state index contributed by atoms with van der Waals surface area (Å²) in [4.78, 5) is 11.1. The Labute approximate surface area is 121 Å². The number of rotatable bonds is 3. The van der Waals surface area contributed by atoms with E-state index in [4.69, 9.17) is 21.4 Å². The van der Waals surface area contributed by atoms with Gasteiger partial charge in [-0.15, -0.1) is 0 Å². The molecule has 98 valence electrons. The van der Waals surface area contributed by atoms with Crippen LogP contribution < -0.4 is 4.74 Å². The summed E-state index contributed by atoms with van der Waals surface area (Å²) in [5, 5.41) is 9.15. The molecule has 0 amide bonds. The van der Waals surface area contributed by atoms with Crippen LogP contribution >= 0.6 is 27.5 Å². The van der Waals surface area contributed by atoms with E-state index in [-0.39, 0.29) is 22.1 Å². The van der Waals surface area contributed by atoms with E-state index in [1.165, 1.54) is 24.3 Å². The van der Waals surface area contributed by atoms with Gasteiger partial charge in [0.1, 0.15) is 22.9 Å². The first-order valence-electron chi connectivity index (χ1n) is 5.13. The Bertz CT molecular complexity index is 646. The van der Waals surface area contributed by atoms with Crippen molar-refractivity contribution < 1.29 is 19.0 Å². The molecule has 0 atom stereocenters. The molecule has 2 aromatic rings. The smallest absolute Gasteiger partial charge is 0.341 e. The fraction of sp³-hybridized carbons (Fsp3) is 0. The third-order valence-corrected chi connectivity index (χ3v) is 3.27. The molecule has 6 heteroatoms. The second-order valence-electron chi connectivity index (χ2n) is 3.59. The highest BCUT2D eigenvalue weighted by atomic mass is 79.9. The monoisotopic (exact) mass is 344 g/mol. The van der Waals surface area contributed by atoms with Gasteiger partial charge >= 0.3 is 5.97 Å². The lowest BCUT2D eigenvalue weighted by atomic mass is 10.2. The average molecular weight is 346 g/mol. The van der Waals surface area contributed by atoms with Gasteiger partial charge in [0.2, 0.25) is 0 Å². The summed E-state index contributed by atoms with van der Waals surface area (Å²) < 4.78 is 19.1. The van der Waals surface area contributed by atoms with Gasteiger partial charge in [-0.05, 0) is 40.2 Å². The van der Waals surface area contributed by atoms with Crippen LogP contribution in [-0.2, 0) is 0 Å². The molecule has 2 aromatic carbocycles. The lowest BCUT2D eigenvalue weighted by Gasteiger charge is -2.11. The first-order chi connectivity index (χ1) is 8.99. The van der Waals surface area contributed by atoms with Crippen molar-refractivity contribution in [2.75, 3.05) is 0 Å². The SMILES string of the molecule is O=C(O)c1c(Cl)cccc1Oc1cc(F)ccc1Br. The molecule has 0 aliphatic rings. The minimum atomic E-state index is -1.21. The molecular weight excluding hydrogens is 338 g/mol. The largest absolute Gasteiger partial charge is 0.478 e. The van der Waals surface area contributed by atoms with Crippen LogP contribution in [0.3, 0.4) is 0 Å². The summed E-state index contributed by atoms with van der Waals surface area (Å²) in [6, 6.07) is 8.32. The van der Waals surface area contributed by atoms with Gasteiger partial charge in [-0.1, -0.05) is 17.7 Å². The number of ether oxygens (including phenoxy) is 1. The summed E-state index contributed by atoms with van der Waals surface area (Å²) in [5.74, 6) is -1.48. The number of hydrogen-bond donors (Lipinski definition) is 1. The number of carboxylic acids is 1. The fourth-order valence-electron chi connectivity index (χ4n) is 1.47. The highest BCUT2D eigenvalue weighted by molar-refractivity contribution is 9.10. The zero-order valence-corrected chi connectivity index (χ0v) is 11.7. The van der Waals surface area contributed by atoms with Crippen molar-refractivity contribution in [3.8, 4) is 11.5 Å². The molecule has 0 aliphatic carbocycles. The Kier molecular flexibility index (Phi) is 4.07. The topological polar surface area (TPSA) is 46.5 Å². The van der Waals surface area contributed by atoms with E-state index in [1.807, 2.05) is 0 Å². The number of aromatic carboxylic acids is 1. The Hall–Kier alpha value is -1.59. The average Bonchev–Trinajstić information content (AvgIpc) is 2.33. The van der Waals surface area contributed by atoms with Gasteiger partial charge < -0.3 is 9.84 Å². The van der Waals surface area contributed by atoms with Crippen molar-refractivity contribution in [3.05, 3.63) is 57.3 Å². The van der Waals surface area contributed by atoms with Crippen molar-refractivity contribution in [1.29, 1.82) is 0 Å². The first kappa shape index (κ1) is 13.8. The molecule has 1 N–H and O–H groups in total. The van der Waals surface area contributed by atoms with Gasteiger partial charge in [-0.2, -0.15) is 0 Å². The number of halogens is 3. The molecule has 19 heavy (non-hydrogen) atoms. The van der Waals surface area contributed by atoms with Crippen LogP contribution in [-0.4, -0.2) is 11.1 Å². The van der Waals surface area contributed by atoms with Crippen molar-refractivity contribution in [2.45, 2.75) is 0 Å². The van der Waals surface area contributed by atoms with Gasteiger partial charge in [-0.3, -0.25) is 0 Å². The minimum Gasteiger partial charge on any atom is -0.478 e. The van der Waals surface area contributed by atoms with E-state index in [0.29, 0.717) is 4.47 Å². The molecule has 0 bridgehead atoms. The summed E-state index contributed by atoms with van der Waals surface area (Å²) in [6.07, 6.45) is 0. The third kappa shape index (κ3) is 3.05. The van der Waals surface area contributed by atoms with Gasteiger partial charge in [0.05, 0.1) is 9.50 Å². The highest BCUT2D eigenvalue weighted by Gasteiger charge is 2.17. The van der Waals surface area contributed by atoms with Crippen LogP contribution in [0.25, 0.3) is 0 Å². The van der Waals surface area contributed by atoms with Gasteiger partial charge in [0.25, 0.3) is 0 Å². The summed E-state index contributed by atoms with van der Waals surface area (Å²) in [6.45, 7) is 0. The van der Waals surface area contributed by atoms with Crippen LogP contribution in [0.2, 0.25) is 5.02 Å². The zero-order chi connectivity index (χ0) is 14.0. The van der Waals surface area contributed by atoms with E-state index in [0.717, 1.165) is 6.07 Å². The molecular formula is C13H7BrClFO3. The molecule has 0 aromatic heterocycles. The standard InChI is InChI=1S/C13H7BrClFO3/c14-8-5-4-7(16)6-11(8)19-10-3-1-2-9(15)12(10)13(17)18/h1-6H,(H,17,18). The molecule has 2 rings (SSSR count). The van der Waals surface area contributed by atoms with Crippen molar-refractivity contribution in [3.63, 3.8) is 0 Å².